The quantitative estimate of drug-likeness (QED) is 0.857. The molecule has 1 aromatic rings. The Morgan fingerprint density at radius 3 is 2.30 bits per heavy atom. The minimum atomic E-state index is 0.349. The highest BCUT2D eigenvalue weighted by molar-refractivity contribution is 5.83. The zero-order chi connectivity index (χ0) is 16.0. The molecule has 4 heteroatoms. The fraction of sp³-hybridized carbons (Fsp3) is 0.632. The van der Waals surface area contributed by atoms with E-state index in [9.17, 15) is 4.79 Å². The van der Waals surface area contributed by atoms with Crippen LogP contribution in [0.2, 0.25) is 0 Å². The SMILES string of the molecule is COc1cc(OC)cc([C@@H]2CCN(C(=O)C3[C@@H]4CCC[C@@H]34)C2)c1. The van der Waals surface area contributed by atoms with Gasteiger partial charge in [-0.25, -0.2) is 0 Å². The zero-order valence-corrected chi connectivity index (χ0v) is 14.0. The first-order chi connectivity index (χ1) is 11.2. The Bertz CT molecular complexity index is 582. The van der Waals surface area contributed by atoms with Gasteiger partial charge in [-0.15, -0.1) is 0 Å². The minimum absolute atomic E-state index is 0.349. The summed E-state index contributed by atoms with van der Waals surface area (Å²) in [7, 11) is 3.35. The van der Waals surface area contributed by atoms with Crippen molar-refractivity contribution in [1.82, 2.24) is 4.90 Å². The van der Waals surface area contributed by atoms with Gasteiger partial charge in [0.1, 0.15) is 11.5 Å². The molecule has 2 aliphatic carbocycles. The van der Waals surface area contributed by atoms with Gasteiger partial charge in [-0.05, 0) is 48.8 Å². The number of hydrogen-bond acceptors (Lipinski definition) is 3. The molecule has 1 aromatic carbocycles. The van der Waals surface area contributed by atoms with Crippen LogP contribution in [0.1, 0.15) is 37.2 Å². The van der Waals surface area contributed by atoms with Crippen molar-refractivity contribution in [3.63, 3.8) is 0 Å². The number of carbonyl (C=O) groups is 1. The van der Waals surface area contributed by atoms with Crippen molar-refractivity contribution in [2.45, 2.75) is 31.6 Å². The van der Waals surface area contributed by atoms with E-state index in [2.05, 4.69) is 17.0 Å². The Labute approximate surface area is 137 Å². The van der Waals surface area contributed by atoms with Crippen molar-refractivity contribution in [1.29, 1.82) is 0 Å². The number of carbonyl (C=O) groups excluding carboxylic acids is 1. The van der Waals surface area contributed by atoms with E-state index in [4.69, 9.17) is 9.47 Å². The van der Waals surface area contributed by atoms with Crippen molar-refractivity contribution in [3.05, 3.63) is 23.8 Å². The lowest BCUT2D eigenvalue weighted by Gasteiger charge is -2.18. The van der Waals surface area contributed by atoms with Crippen LogP contribution in [0.15, 0.2) is 18.2 Å². The van der Waals surface area contributed by atoms with Gasteiger partial charge in [0.25, 0.3) is 0 Å². The smallest absolute Gasteiger partial charge is 0.226 e. The lowest BCUT2D eigenvalue weighted by molar-refractivity contribution is -0.132. The highest BCUT2D eigenvalue weighted by Crippen LogP contribution is 2.58. The standard InChI is InChI=1S/C19H25NO3/c1-22-14-8-13(9-15(10-14)23-2)12-6-7-20(11-12)19(21)18-16-4-3-5-17(16)18/h8-10,12,16-18H,3-7,11H2,1-2H3/t12-,16-,17-/m1/s1. The molecule has 4 nitrogen and oxygen atoms in total. The van der Waals surface area contributed by atoms with Crippen LogP contribution in [0.25, 0.3) is 0 Å². The summed E-state index contributed by atoms with van der Waals surface area (Å²) < 4.78 is 10.7. The largest absolute Gasteiger partial charge is 0.497 e. The zero-order valence-electron chi connectivity index (χ0n) is 14.0. The molecule has 1 amide bonds. The summed E-state index contributed by atoms with van der Waals surface area (Å²) in [4.78, 5) is 14.8. The number of nitrogens with zero attached hydrogens (tertiary/aromatic N) is 1. The molecule has 0 bridgehead atoms. The maximum absolute atomic E-state index is 12.7. The highest BCUT2D eigenvalue weighted by Gasteiger charge is 2.57. The first-order valence-electron chi connectivity index (χ1n) is 8.73. The molecule has 0 spiro atoms. The highest BCUT2D eigenvalue weighted by atomic mass is 16.5. The van der Waals surface area contributed by atoms with E-state index in [1.54, 1.807) is 14.2 Å². The summed E-state index contributed by atoms with van der Waals surface area (Å²) >= 11 is 0. The number of methoxy groups -OCH3 is 2. The van der Waals surface area contributed by atoms with Crippen LogP contribution in [0.5, 0.6) is 11.5 Å². The molecule has 4 rings (SSSR count). The van der Waals surface area contributed by atoms with Crippen molar-refractivity contribution in [2.75, 3.05) is 27.3 Å². The summed E-state index contributed by atoms with van der Waals surface area (Å²) in [6, 6.07) is 6.05. The van der Waals surface area contributed by atoms with Gasteiger partial charge in [0.15, 0.2) is 0 Å². The second-order valence-corrected chi connectivity index (χ2v) is 7.20. The molecular weight excluding hydrogens is 290 g/mol. The Morgan fingerprint density at radius 2 is 1.70 bits per heavy atom. The lowest BCUT2D eigenvalue weighted by atomic mass is 9.98. The number of likely N-dealkylation sites (tertiary alicyclic amines) is 1. The van der Waals surface area contributed by atoms with E-state index >= 15 is 0 Å². The fourth-order valence-electron chi connectivity index (χ4n) is 4.70. The maximum atomic E-state index is 12.7. The Morgan fingerprint density at radius 1 is 1.04 bits per heavy atom. The molecule has 1 aliphatic heterocycles. The van der Waals surface area contributed by atoms with Crippen LogP contribution in [0, 0.1) is 17.8 Å². The topological polar surface area (TPSA) is 38.8 Å². The van der Waals surface area contributed by atoms with E-state index in [1.807, 2.05) is 6.07 Å². The molecule has 3 fully saturated rings. The number of ether oxygens (including phenoxy) is 2. The number of fused-ring (bicyclic) bond motifs is 1. The molecule has 2 saturated carbocycles. The van der Waals surface area contributed by atoms with Gasteiger partial charge >= 0.3 is 0 Å². The van der Waals surface area contributed by atoms with E-state index in [0.29, 0.717) is 29.6 Å². The molecular formula is C19H25NO3. The Hall–Kier alpha value is -1.71. The van der Waals surface area contributed by atoms with Gasteiger partial charge in [-0.1, -0.05) is 6.42 Å². The number of benzene rings is 1. The van der Waals surface area contributed by atoms with Crippen LogP contribution in [0.3, 0.4) is 0 Å². The summed E-state index contributed by atoms with van der Waals surface area (Å²) in [5, 5.41) is 0. The first kappa shape index (κ1) is 14.9. The number of hydrogen-bond donors (Lipinski definition) is 0. The molecule has 124 valence electrons. The van der Waals surface area contributed by atoms with Crippen molar-refractivity contribution >= 4 is 5.91 Å². The second kappa shape index (κ2) is 5.73. The molecule has 23 heavy (non-hydrogen) atoms. The van der Waals surface area contributed by atoms with Crippen LogP contribution in [0.4, 0.5) is 0 Å². The normalized spacial score (nSPS) is 31.8. The van der Waals surface area contributed by atoms with E-state index in [1.165, 1.54) is 24.8 Å². The van der Waals surface area contributed by atoms with Gasteiger partial charge in [-0.2, -0.15) is 0 Å². The van der Waals surface area contributed by atoms with Crippen molar-refractivity contribution in [3.8, 4) is 11.5 Å². The summed E-state index contributed by atoms with van der Waals surface area (Å²) in [5.74, 6) is 4.21. The van der Waals surface area contributed by atoms with E-state index in [0.717, 1.165) is 31.0 Å². The second-order valence-electron chi connectivity index (χ2n) is 7.20. The molecule has 3 atom stereocenters. The van der Waals surface area contributed by atoms with Crippen molar-refractivity contribution in [2.24, 2.45) is 17.8 Å². The van der Waals surface area contributed by atoms with Gasteiger partial charge in [0, 0.05) is 31.0 Å². The molecule has 0 unspecified atom stereocenters. The average Bonchev–Trinajstić information content (AvgIpc) is 3.00. The number of amides is 1. The van der Waals surface area contributed by atoms with Crippen LogP contribution in [-0.2, 0) is 4.79 Å². The Balaban J connectivity index is 1.45. The first-order valence-corrected chi connectivity index (χ1v) is 8.73. The van der Waals surface area contributed by atoms with Gasteiger partial charge < -0.3 is 14.4 Å². The molecule has 1 saturated heterocycles. The average molecular weight is 315 g/mol. The van der Waals surface area contributed by atoms with E-state index < -0.39 is 0 Å². The summed E-state index contributed by atoms with van der Waals surface area (Å²) in [6.45, 7) is 1.73. The summed E-state index contributed by atoms with van der Waals surface area (Å²) in [5.41, 5.74) is 1.22. The predicted molar refractivity (Wildman–Crippen MR) is 87.8 cm³/mol. The third-order valence-electron chi connectivity index (χ3n) is 6.04. The molecule has 0 N–H and O–H groups in total. The van der Waals surface area contributed by atoms with Crippen molar-refractivity contribution < 1.29 is 14.3 Å². The maximum Gasteiger partial charge on any atom is 0.226 e. The monoisotopic (exact) mass is 315 g/mol. The van der Waals surface area contributed by atoms with Crippen LogP contribution < -0.4 is 9.47 Å². The Kier molecular flexibility index (Phi) is 3.70. The van der Waals surface area contributed by atoms with Gasteiger partial charge in [-0.3, -0.25) is 4.79 Å². The van der Waals surface area contributed by atoms with E-state index in [-0.39, 0.29) is 0 Å². The van der Waals surface area contributed by atoms with Gasteiger partial charge in [0.05, 0.1) is 14.2 Å². The van der Waals surface area contributed by atoms with Gasteiger partial charge in [0.2, 0.25) is 5.91 Å². The fourth-order valence-corrected chi connectivity index (χ4v) is 4.70. The lowest BCUT2D eigenvalue weighted by Crippen LogP contribution is -2.31. The molecule has 0 aromatic heterocycles. The van der Waals surface area contributed by atoms with Crippen LogP contribution in [-0.4, -0.2) is 38.1 Å². The number of rotatable bonds is 4. The molecule has 1 heterocycles. The predicted octanol–water partition coefficient (Wildman–Crippen LogP) is 3.07. The molecule has 3 aliphatic rings. The molecule has 0 radical (unpaired) electrons. The summed E-state index contributed by atoms with van der Waals surface area (Å²) in [6.07, 6.45) is 4.90. The third kappa shape index (κ3) is 2.58. The third-order valence-corrected chi connectivity index (χ3v) is 6.04. The minimum Gasteiger partial charge on any atom is -0.497 e. The van der Waals surface area contributed by atoms with Crippen LogP contribution >= 0.6 is 0 Å².